The van der Waals surface area contributed by atoms with Gasteiger partial charge in [0.25, 0.3) is 0 Å². The Balaban J connectivity index is 2.08. The molecule has 2 aromatic rings. The van der Waals surface area contributed by atoms with Gasteiger partial charge in [-0.15, -0.1) is 11.3 Å². The topological polar surface area (TPSA) is 45.2 Å². The highest BCUT2D eigenvalue weighted by molar-refractivity contribution is 7.15. The fourth-order valence-electron chi connectivity index (χ4n) is 2.63. The third-order valence-electron chi connectivity index (χ3n) is 3.84. The number of hydrogen-bond donors (Lipinski definition) is 1. The summed E-state index contributed by atoms with van der Waals surface area (Å²) in [5.74, 6) is -0.285. The molecule has 1 aromatic carbocycles. The van der Waals surface area contributed by atoms with Crippen molar-refractivity contribution < 1.29 is 9.18 Å². The number of aryl methyl sites for hydroxylation is 1. The summed E-state index contributed by atoms with van der Waals surface area (Å²) in [7, 11) is 3.90. The number of carbonyl (C=O) groups is 1. The first-order chi connectivity index (χ1) is 10.5. The Morgan fingerprint density at radius 3 is 2.86 bits per heavy atom. The minimum absolute atomic E-state index is 0.00332. The Bertz CT molecular complexity index is 726. The Hall–Kier alpha value is -1.95. The number of benzene rings is 1. The van der Waals surface area contributed by atoms with Crippen molar-refractivity contribution in [3.63, 3.8) is 0 Å². The molecule has 1 aliphatic rings. The van der Waals surface area contributed by atoms with Crippen LogP contribution in [0.5, 0.6) is 0 Å². The first kappa shape index (κ1) is 15.0. The molecule has 0 saturated heterocycles. The molecule has 4 nitrogen and oxygen atoms in total. The molecule has 0 saturated carbocycles. The summed E-state index contributed by atoms with van der Waals surface area (Å²) in [6.45, 7) is 2.20. The maximum Gasteiger partial charge on any atom is 0.221 e. The molecule has 1 N–H and O–H groups in total. The number of halogens is 1. The summed E-state index contributed by atoms with van der Waals surface area (Å²) in [5, 5.41) is 3.81. The van der Waals surface area contributed by atoms with E-state index in [1.165, 1.54) is 6.07 Å². The minimum atomic E-state index is -0.222. The van der Waals surface area contributed by atoms with Crippen molar-refractivity contribution in [2.75, 3.05) is 19.0 Å². The predicted molar refractivity (Wildman–Crippen MR) is 85.9 cm³/mol. The molecule has 0 spiro atoms. The molecule has 0 unspecified atom stereocenters. The monoisotopic (exact) mass is 319 g/mol. The highest BCUT2D eigenvalue weighted by atomic mass is 32.1. The second-order valence-electron chi connectivity index (χ2n) is 5.74. The average Bonchev–Trinajstić information content (AvgIpc) is 2.83. The van der Waals surface area contributed by atoms with E-state index in [1.54, 1.807) is 24.3 Å². The molecular weight excluding hydrogens is 301 g/mol. The number of hydrogen-bond acceptors (Lipinski definition) is 4. The lowest BCUT2D eigenvalue weighted by atomic mass is 9.92. The Kier molecular flexibility index (Phi) is 3.87. The lowest BCUT2D eigenvalue weighted by molar-refractivity contribution is -0.121. The van der Waals surface area contributed by atoms with Gasteiger partial charge in [-0.25, -0.2) is 9.37 Å². The van der Waals surface area contributed by atoms with Gasteiger partial charge >= 0.3 is 0 Å². The second-order valence-corrected chi connectivity index (χ2v) is 6.75. The zero-order chi connectivity index (χ0) is 15.9. The summed E-state index contributed by atoms with van der Waals surface area (Å²) in [6.07, 6.45) is 0.368. The van der Waals surface area contributed by atoms with E-state index in [-0.39, 0.29) is 17.6 Å². The number of amides is 1. The molecule has 116 valence electrons. The lowest BCUT2D eigenvalue weighted by Gasteiger charge is -2.14. The van der Waals surface area contributed by atoms with E-state index in [9.17, 15) is 9.18 Å². The van der Waals surface area contributed by atoms with Gasteiger partial charge in [-0.1, -0.05) is 12.1 Å². The molecule has 1 aliphatic heterocycles. The minimum Gasteiger partial charge on any atom is -0.354 e. The standard InChI is InChI=1S/C16H18FN3OS/c1-9-6-10(4-5-12(9)17)11-7-14(21)18-8-13-15(11)22-16(19-13)20(2)3/h4-6,11H,7-8H2,1-3H3,(H,18,21)/t11-/m1/s1. The van der Waals surface area contributed by atoms with Gasteiger partial charge < -0.3 is 10.2 Å². The van der Waals surface area contributed by atoms with Gasteiger partial charge in [-0.05, 0) is 24.1 Å². The zero-order valence-electron chi connectivity index (χ0n) is 12.8. The number of carbonyl (C=O) groups excluding carboxylic acids is 1. The fraction of sp³-hybridized carbons (Fsp3) is 0.375. The van der Waals surface area contributed by atoms with Gasteiger partial charge in [0.05, 0.1) is 12.2 Å². The van der Waals surface area contributed by atoms with E-state index in [4.69, 9.17) is 0 Å². The number of anilines is 1. The Morgan fingerprint density at radius 1 is 1.41 bits per heavy atom. The largest absolute Gasteiger partial charge is 0.354 e. The second kappa shape index (κ2) is 5.68. The van der Waals surface area contributed by atoms with E-state index in [2.05, 4.69) is 10.3 Å². The summed E-state index contributed by atoms with van der Waals surface area (Å²) in [6, 6.07) is 5.07. The van der Waals surface area contributed by atoms with Gasteiger partial charge in [0.1, 0.15) is 5.82 Å². The number of rotatable bonds is 2. The van der Waals surface area contributed by atoms with Gasteiger partial charge in [0, 0.05) is 31.3 Å². The van der Waals surface area contributed by atoms with E-state index in [1.807, 2.05) is 25.1 Å². The smallest absolute Gasteiger partial charge is 0.221 e. The van der Waals surface area contributed by atoms with Crippen LogP contribution in [0.2, 0.25) is 0 Å². The SMILES string of the molecule is Cc1cc([C@H]2CC(=O)NCc3nc(N(C)C)sc32)ccc1F. The quantitative estimate of drug-likeness (QED) is 0.926. The van der Waals surface area contributed by atoms with Crippen LogP contribution >= 0.6 is 11.3 Å². The average molecular weight is 319 g/mol. The highest BCUT2D eigenvalue weighted by Gasteiger charge is 2.28. The molecule has 1 aromatic heterocycles. The maximum absolute atomic E-state index is 13.5. The molecule has 0 aliphatic carbocycles. The number of nitrogens with zero attached hydrogens (tertiary/aromatic N) is 2. The molecule has 2 heterocycles. The molecule has 0 radical (unpaired) electrons. The molecule has 22 heavy (non-hydrogen) atoms. The van der Waals surface area contributed by atoms with Crippen molar-refractivity contribution in [1.82, 2.24) is 10.3 Å². The third-order valence-corrected chi connectivity index (χ3v) is 5.22. The van der Waals surface area contributed by atoms with Crippen LogP contribution in [0.15, 0.2) is 18.2 Å². The molecule has 1 amide bonds. The van der Waals surface area contributed by atoms with E-state index < -0.39 is 0 Å². The van der Waals surface area contributed by atoms with Crippen LogP contribution in [0.1, 0.15) is 34.0 Å². The molecule has 6 heteroatoms. The first-order valence-corrected chi connectivity index (χ1v) is 7.97. The zero-order valence-corrected chi connectivity index (χ0v) is 13.6. The molecule has 0 bridgehead atoms. The van der Waals surface area contributed by atoms with E-state index in [0.717, 1.165) is 21.3 Å². The molecule has 0 fully saturated rings. The first-order valence-electron chi connectivity index (χ1n) is 7.15. The number of nitrogens with one attached hydrogen (secondary N) is 1. The Labute approximate surface area is 133 Å². The van der Waals surface area contributed by atoms with Crippen LogP contribution in [0.25, 0.3) is 0 Å². The maximum atomic E-state index is 13.5. The number of aromatic nitrogens is 1. The van der Waals surface area contributed by atoms with Crippen molar-refractivity contribution in [3.8, 4) is 0 Å². The van der Waals surface area contributed by atoms with Crippen molar-refractivity contribution in [1.29, 1.82) is 0 Å². The normalized spacial score (nSPS) is 17.6. The Morgan fingerprint density at radius 2 is 2.18 bits per heavy atom. The molecule has 1 atom stereocenters. The van der Waals surface area contributed by atoms with Crippen LogP contribution in [0.3, 0.4) is 0 Å². The van der Waals surface area contributed by atoms with Crippen molar-refractivity contribution in [2.45, 2.75) is 25.8 Å². The third kappa shape index (κ3) is 2.70. The van der Waals surface area contributed by atoms with Crippen LogP contribution in [-0.4, -0.2) is 25.0 Å². The van der Waals surface area contributed by atoms with Crippen molar-refractivity contribution >= 4 is 22.4 Å². The van der Waals surface area contributed by atoms with Crippen LogP contribution in [0.4, 0.5) is 9.52 Å². The van der Waals surface area contributed by atoms with Gasteiger partial charge in [-0.3, -0.25) is 4.79 Å². The van der Waals surface area contributed by atoms with Crippen LogP contribution in [-0.2, 0) is 11.3 Å². The van der Waals surface area contributed by atoms with Gasteiger partial charge in [-0.2, -0.15) is 0 Å². The predicted octanol–water partition coefficient (Wildman–Crippen LogP) is 2.81. The number of thiazole rings is 1. The summed E-state index contributed by atoms with van der Waals surface area (Å²) in [5.41, 5.74) is 2.47. The van der Waals surface area contributed by atoms with E-state index in [0.29, 0.717) is 18.5 Å². The van der Waals surface area contributed by atoms with Gasteiger partial charge in [0.15, 0.2) is 5.13 Å². The van der Waals surface area contributed by atoms with Crippen molar-refractivity contribution in [3.05, 3.63) is 45.7 Å². The molecule has 3 rings (SSSR count). The highest BCUT2D eigenvalue weighted by Crippen LogP contribution is 2.39. The van der Waals surface area contributed by atoms with Gasteiger partial charge in [0.2, 0.25) is 5.91 Å². The molecular formula is C16H18FN3OS. The van der Waals surface area contributed by atoms with Crippen molar-refractivity contribution in [2.24, 2.45) is 0 Å². The fourth-order valence-corrected chi connectivity index (χ4v) is 3.76. The summed E-state index contributed by atoms with van der Waals surface area (Å²) < 4.78 is 13.5. The summed E-state index contributed by atoms with van der Waals surface area (Å²) in [4.78, 5) is 19.7. The summed E-state index contributed by atoms with van der Waals surface area (Å²) >= 11 is 1.60. The van der Waals surface area contributed by atoms with Crippen LogP contribution < -0.4 is 10.2 Å². The van der Waals surface area contributed by atoms with E-state index >= 15 is 0 Å². The lowest BCUT2D eigenvalue weighted by Crippen LogP contribution is -2.21. The number of fused-ring (bicyclic) bond motifs is 1. The van der Waals surface area contributed by atoms with Crippen LogP contribution in [0, 0.1) is 12.7 Å².